The fraction of sp³-hybridized carbons (Fsp3) is 0. The molecule has 0 spiro atoms. The van der Waals surface area contributed by atoms with E-state index < -0.39 is 0 Å². The van der Waals surface area contributed by atoms with Crippen LogP contribution in [0.5, 0.6) is 5.75 Å². The van der Waals surface area contributed by atoms with Gasteiger partial charge < -0.3 is 10.0 Å². The van der Waals surface area contributed by atoms with Gasteiger partial charge in [0.2, 0.25) is 0 Å². The van der Waals surface area contributed by atoms with Crippen LogP contribution in [0.2, 0.25) is 5.02 Å². The largest absolute Gasteiger partial charge is 0.507 e. The third kappa shape index (κ3) is 3.64. The van der Waals surface area contributed by atoms with Crippen LogP contribution in [0.15, 0.2) is 102 Å². The van der Waals surface area contributed by atoms with E-state index in [9.17, 15) is 5.11 Å². The normalized spacial score (nSPS) is 10.6. The maximum atomic E-state index is 10.3. The van der Waals surface area contributed by atoms with Gasteiger partial charge >= 0.3 is 0 Å². The molecule has 138 valence electrons. The summed E-state index contributed by atoms with van der Waals surface area (Å²) in [6.07, 6.45) is 0. The van der Waals surface area contributed by atoms with Gasteiger partial charge in [0.1, 0.15) is 5.75 Å². The van der Waals surface area contributed by atoms with E-state index in [4.69, 9.17) is 11.6 Å². The maximum Gasteiger partial charge on any atom is 0.124 e. The quantitative estimate of drug-likeness (QED) is 0.341. The standard InChI is InChI=1S/C24H17BrClNO/c25-20-16-17(24-21(26)12-7-13-23(24)28)14-15-22(20)27(18-8-3-1-4-9-18)19-10-5-2-6-11-19/h1-16,28H. The number of phenols is 1. The van der Waals surface area contributed by atoms with Crippen LogP contribution in [0.25, 0.3) is 11.1 Å². The smallest absolute Gasteiger partial charge is 0.124 e. The van der Waals surface area contributed by atoms with Crippen molar-refractivity contribution in [2.24, 2.45) is 0 Å². The Kier molecular flexibility index (Phi) is 5.38. The molecule has 0 atom stereocenters. The lowest BCUT2D eigenvalue weighted by atomic mass is 10.0. The van der Waals surface area contributed by atoms with Gasteiger partial charge in [0.25, 0.3) is 0 Å². The summed E-state index contributed by atoms with van der Waals surface area (Å²) in [7, 11) is 0. The molecule has 0 amide bonds. The van der Waals surface area contributed by atoms with Crippen molar-refractivity contribution in [3.63, 3.8) is 0 Å². The summed E-state index contributed by atoms with van der Waals surface area (Å²) in [5.41, 5.74) is 4.58. The summed E-state index contributed by atoms with van der Waals surface area (Å²) < 4.78 is 0.900. The van der Waals surface area contributed by atoms with Crippen LogP contribution >= 0.6 is 27.5 Å². The lowest BCUT2D eigenvalue weighted by molar-refractivity contribution is 0.477. The molecule has 0 aliphatic rings. The minimum atomic E-state index is 0.162. The first-order chi connectivity index (χ1) is 13.6. The van der Waals surface area contributed by atoms with E-state index in [2.05, 4.69) is 45.1 Å². The number of hydrogen-bond donors (Lipinski definition) is 1. The molecule has 0 aliphatic carbocycles. The number of nitrogens with zero attached hydrogens (tertiary/aromatic N) is 1. The average Bonchev–Trinajstić information content (AvgIpc) is 2.71. The monoisotopic (exact) mass is 449 g/mol. The summed E-state index contributed by atoms with van der Waals surface area (Å²) in [5.74, 6) is 0.162. The highest BCUT2D eigenvalue weighted by Crippen LogP contribution is 2.42. The summed E-state index contributed by atoms with van der Waals surface area (Å²) in [5, 5.41) is 10.8. The third-order valence-corrected chi connectivity index (χ3v) is 5.45. The summed E-state index contributed by atoms with van der Waals surface area (Å²) in [4.78, 5) is 2.18. The highest BCUT2D eigenvalue weighted by molar-refractivity contribution is 9.10. The Balaban J connectivity index is 1.85. The number of benzene rings is 4. The van der Waals surface area contributed by atoms with Crippen LogP contribution in [-0.4, -0.2) is 5.11 Å². The molecule has 0 aliphatic heterocycles. The highest BCUT2D eigenvalue weighted by Gasteiger charge is 2.17. The van der Waals surface area contributed by atoms with Gasteiger partial charge in [0.05, 0.1) is 10.7 Å². The number of phenolic OH excluding ortho intramolecular Hbond substituents is 1. The second-order valence-corrected chi connectivity index (χ2v) is 7.57. The van der Waals surface area contributed by atoms with Gasteiger partial charge in [-0.1, -0.05) is 60.1 Å². The minimum absolute atomic E-state index is 0.162. The molecule has 0 aromatic heterocycles. The molecule has 0 heterocycles. The van der Waals surface area contributed by atoms with Crippen molar-refractivity contribution in [3.05, 3.63) is 107 Å². The van der Waals surface area contributed by atoms with E-state index in [0.29, 0.717) is 10.6 Å². The lowest BCUT2D eigenvalue weighted by Gasteiger charge is -2.26. The molecule has 4 aromatic rings. The topological polar surface area (TPSA) is 23.5 Å². The van der Waals surface area contributed by atoms with Crippen molar-refractivity contribution in [3.8, 4) is 16.9 Å². The van der Waals surface area contributed by atoms with Crippen LogP contribution in [0.3, 0.4) is 0 Å². The molecule has 1 N–H and O–H groups in total. The van der Waals surface area contributed by atoms with E-state index in [0.717, 1.165) is 27.1 Å². The van der Waals surface area contributed by atoms with Gasteiger partial charge in [-0.3, -0.25) is 0 Å². The molecule has 0 bridgehead atoms. The first-order valence-electron chi connectivity index (χ1n) is 8.83. The molecule has 0 unspecified atom stereocenters. The Labute approximate surface area is 177 Å². The van der Waals surface area contributed by atoms with Crippen LogP contribution in [-0.2, 0) is 0 Å². The molecule has 0 saturated heterocycles. The molecule has 4 aromatic carbocycles. The van der Waals surface area contributed by atoms with Crippen molar-refractivity contribution in [2.75, 3.05) is 4.90 Å². The summed E-state index contributed by atoms with van der Waals surface area (Å²) in [6, 6.07) is 31.5. The number of aromatic hydroxyl groups is 1. The maximum absolute atomic E-state index is 10.3. The highest BCUT2D eigenvalue weighted by atomic mass is 79.9. The van der Waals surface area contributed by atoms with E-state index in [-0.39, 0.29) is 5.75 Å². The van der Waals surface area contributed by atoms with Gasteiger partial charge in [0.15, 0.2) is 0 Å². The number of rotatable bonds is 4. The second kappa shape index (κ2) is 8.09. The zero-order valence-corrected chi connectivity index (χ0v) is 17.2. The Bertz CT molecular complexity index is 1040. The molecule has 4 rings (SSSR count). The van der Waals surface area contributed by atoms with Crippen molar-refractivity contribution >= 4 is 44.6 Å². The zero-order chi connectivity index (χ0) is 19.5. The van der Waals surface area contributed by atoms with Crippen molar-refractivity contribution in [1.82, 2.24) is 0 Å². The summed E-state index contributed by atoms with van der Waals surface area (Å²) >= 11 is 10.0. The van der Waals surface area contributed by atoms with Crippen molar-refractivity contribution < 1.29 is 5.11 Å². The average molecular weight is 451 g/mol. The van der Waals surface area contributed by atoms with E-state index in [1.54, 1.807) is 18.2 Å². The molecule has 2 nitrogen and oxygen atoms in total. The molecule has 0 saturated carbocycles. The molecule has 28 heavy (non-hydrogen) atoms. The number of para-hydroxylation sites is 2. The van der Waals surface area contributed by atoms with Crippen LogP contribution in [0.1, 0.15) is 0 Å². The van der Waals surface area contributed by atoms with Gasteiger partial charge in [0, 0.05) is 21.4 Å². The Morgan fingerprint density at radius 2 is 1.32 bits per heavy atom. The first-order valence-corrected chi connectivity index (χ1v) is 10.00. The Hall–Kier alpha value is -2.75. The molecule has 4 heteroatoms. The van der Waals surface area contributed by atoms with Crippen LogP contribution in [0, 0.1) is 0 Å². The van der Waals surface area contributed by atoms with Crippen molar-refractivity contribution in [1.29, 1.82) is 0 Å². The van der Waals surface area contributed by atoms with Gasteiger partial charge in [-0.05, 0) is 70.0 Å². The van der Waals surface area contributed by atoms with E-state index in [1.165, 1.54) is 0 Å². The fourth-order valence-electron chi connectivity index (χ4n) is 3.22. The first kappa shape index (κ1) is 18.6. The predicted molar refractivity (Wildman–Crippen MR) is 121 cm³/mol. The van der Waals surface area contributed by atoms with Gasteiger partial charge in [-0.15, -0.1) is 0 Å². The number of hydrogen-bond acceptors (Lipinski definition) is 2. The molecular formula is C24H17BrClNO. The predicted octanol–water partition coefficient (Wildman–Crippen LogP) is 7.94. The van der Waals surface area contributed by atoms with E-state index >= 15 is 0 Å². The lowest BCUT2D eigenvalue weighted by Crippen LogP contribution is -2.10. The van der Waals surface area contributed by atoms with Gasteiger partial charge in [-0.2, -0.15) is 0 Å². The van der Waals surface area contributed by atoms with E-state index in [1.807, 2.05) is 54.6 Å². The molecule has 0 fully saturated rings. The Morgan fingerprint density at radius 3 is 1.86 bits per heavy atom. The fourth-order valence-corrected chi connectivity index (χ4v) is 4.06. The molecule has 0 radical (unpaired) electrons. The number of halogens is 2. The van der Waals surface area contributed by atoms with Crippen LogP contribution < -0.4 is 4.90 Å². The van der Waals surface area contributed by atoms with Crippen LogP contribution in [0.4, 0.5) is 17.1 Å². The molecular weight excluding hydrogens is 434 g/mol. The van der Waals surface area contributed by atoms with Gasteiger partial charge in [-0.25, -0.2) is 0 Å². The summed E-state index contributed by atoms with van der Waals surface area (Å²) in [6.45, 7) is 0. The zero-order valence-electron chi connectivity index (χ0n) is 14.9. The second-order valence-electron chi connectivity index (χ2n) is 6.31. The van der Waals surface area contributed by atoms with Crippen molar-refractivity contribution in [2.45, 2.75) is 0 Å². The number of anilines is 3. The minimum Gasteiger partial charge on any atom is -0.507 e. The SMILES string of the molecule is Oc1cccc(Cl)c1-c1ccc(N(c2ccccc2)c2ccccc2)c(Br)c1. The third-order valence-electron chi connectivity index (χ3n) is 4.50. The Morgan fingerprint density at radius 1 is 0.714 bits per heavy atom.